The third kappa shape index (κ3) is 3.29. The summed E-state index contributed by atoms with van der Waals surface area (Å²) in [4.78, 5) is 29.7. The molecule has 7 nitrogen and oxygen atoms in total. The van der Waals surface area contributed by atoms with E-state index in [1.165, 1.54) is 0 Å². The second-order valence-electron chi connectivity index (χ2n) is 7.32. The Bertz CT molecular complexity index is 1150. The molecular weight excluding hydrogens is 370 g/mol. The van der Waals surface area contributed by atoms with Gasteiger partial charge >= 0.3 is 5.69 Å². The van der Waals surface area contributed by atoms with E-state index in [4.69, 9.17) is 9.47 Å². The lowest BCUT2D eigenvalue weighted by molar-refractivity contribution is -0.127. The first-order chi connectivity index (χ1) is 14.2. The van der Waals surface area contributed by atoms with Crippen LogP contribution in [0.5, 0.6) is 11.5 Å². The van der Waals surface area contributed by atoms with Crippen molar-refractivity contribution in [1.82, 2.24) is 14.5 Å². The molecule has 0 unspecified atom stereocenters. The number of carbonyl (C=O) groups is 1. The van der Waals surface area contributed by atoms with Crippen LogP contribution in [0, 0.1) is 0 Å². The van der Waals surface area contributed by atoms with Gasteiger partial charge in [-0.25, -0.2) is 4.79 Å². The lowest BCUT2D eigenvalue weighted by Crippen LogP contribution is -2.39. The van der Waals surface area contributed by atoms with Crippen LogP contribution in [-0.4, -0.2) is 40.2 Å². The molecule has 2 aliphatic heterocycles. The number of likely N-dealkylation sites (tertiary alicyclic amines) is 1. The second-order valence-corrected chi connectivity index (χ2v) is 7.32. The van der Waals surface area contributed by atoms with E-state index in [1.807, 2.05) is 51.9 Å². The van der Waals surface area contributed by atoms with E-state index in [2.05, 4.69) is 4.98 Å². The monoisotopic (exact) mass is 391 g/mol. The van der Waals surface area contributed by atoms with E-state index in [9.17, 15) is 9.59 Å². The smallest absolute Gasteiger partial charge is 0.326 e. The van der Waals surface area contributed by atoms with Crippen LogP contribution >= 0.6 is 0 Å². The van der Waals surface area contributed by atoms with Crippen molar-refractivity contribution in [2.24, 2.45) is 0 Å². The Morgan fingerprint density at radius 3 is 2.72 bits per heavy atom. The van der Waals surface area contributed by atoms with Crippen molar-refractivity contribution in [2.45, 2.75) is 18.9 Å². The van der Waals surface area contributed by atoms with Gasteiger partial charge in [0.2, 0.25) is 12.7 Å². The summed E-state index contributed by atoms with van der Waals surface area (Å²) >= 11 is 0. The quantitative estimate of drug-likeness (QED) is 0.697. The maximum atomic E-state index is 12.6. The summed E-state index contributed by atoms with van der Waals surface area (Å²) in [5.41, 5.74) is 2.58. The minimum Gasteiger partial charge on any atom is -0.454 e. The van der Waals surface area contributed by atoms with Gasteiger partial charge in [0.25, 0.3) is 0 Å². The van der Waals surface area contributed by atoms with Crippen molar-refractivity contribution in [3.05, 3.63) is 64.6 Å². The van der Waals surface area contributed by atoms with Crippen molar-refractivity contribution in [3.63, 3.8) is 0 Å². The van der Waals surface area contributed by atoms with E-state index in [0.29, 0.717) is 18.8 Å². The Labute approximate surface area is 167 Å². The highest BCUT2D eigenvalue weighted by atomic mass is 16.7. The van der Waals surface area contributed by atoms with Crippen molar-refractivity contribution < 1.29 is 14.3 Å². The summed E-state index contributed by atoms with van der Waals surface area (Å²) in [5.74, 6) is 1.40. The molecule has 5 rings (SSSR count). The van der Waals surface area contributed by atoms with Crippen LogP contribution in [0.3, 0.4) is 0 Å². The predicted molar refractivity (Wildman–Crippen MR) is 109 cm³/mol. The summed E-state index contributed by atoms with van der Waals surface area (Å²) in [6.45, 7) is 1.48. The first-order valence-electron chi connectivity index (χ1n) is 9.75. The van der Waals surface area contributed by atoms with E-state index >= 15 is 0 Å². The van der Waals surface area contributed by atoms with Gasteiger partial charge in [0.15, 0.2) is 11.5 Å². The molecule has 3 heterocycles. The van der Waals surface area contributed by atoms with Crippen LogP contribution in [0.2, 0.25) is 0 Å². The van der Waals surface area contributed by atoms with Crippen molar-refractivity contribution >= 4 is 23.0 Å². The van der Waals surface area contributed by atoms with Crippen molar-refractivity contribution in [3.8, 4) is 11.5 Å². The molecule has 1 N–H and O–H groups in total. The van der Waals surface area contributed by atoms with Crippen LogP contribution < -0.4 is 15.2 Å². The molecule has 0 aliphatic carbocycles. The first kappa shape index (κ1) is 17.6. The number of para-hydroxylation sites is 2. The zero-order chi connectivity index (χ0) is 19.8. The number of rotatable bonds is 3. The van der Waals surface area contributed by atoms with Crippen molar-refractivity contribution in [1.29, 1.82) is 0 Å². The number of hydrogen-bond acceptors (Lipinski definition) is 4. The number of ether oxygens (including phenoxy) is 2. The molecule has 1 amide bonds. The first-order valence-corrected chi connectivity index (χ1v) is 9.75. The summed E-state index contributed by atoms with van der Waals surface area (Å²) in [7, 11) is 0. The van der Waals surface area contributed by atoms with E-state index in [-0.39, 0.29) is 24.4 Å². The Morgan fingerprint density at radius 2 is 1.86 bits per heavy atom. The number of benzene rings is 2. The molecule has 1 aromatic heterocycles. The molecule has 2 aliphatic rings. The molecule has 0 saturated carbocycles. The average Bonchev–Trinajstić information content (AvgIpc) is 3.35. The highest BCUT2D eigenvalue weighted by Gasteiger charge is 2.25. The molecule has 0 radical (unpaired) electrons. The van der Waals surface area contributed by atoms with Gasteiger partial charge in [0.05, 0.1) is 11.0 Å². The van der Waals surface area contributed by atoms with Crippen LogP contribution in [0.15, 0.2) is 53.3 Å². The average molecular weight is 391 g/mol. The molecule has 1 fully saturated rings. The van der Waals surface area contributed by atoms with Gasteiger partial charge in [-0.1, -0.05) is 18.2 Å². The molecule has 2 aromatic carbocycles. The fourth-order valence-corrected chi connectivity index (χ4v) is 4.07. The topological polar surface area (TPSA) is 76.6 Å². The highest BCUT2D eigenvalue weighted by molar-refractivity contribution is 5.92. The molecule has 0 atom stereocenters. The summed E-state index contributed by atoms with van der Waals surface area (Å²) in [5, 5.41) is 0. The van der Waals surface area contributed by atoms with Crippen LogP contribution in [0.4, 0.5) is 0 Å². The maximum absolute atomic E-state index is 12.6. The number of aromatic nitrogens is 2. The van der Waals surface area contributed by atoms with Gasteiger partial charge in [0.1, 0.15) is 0 Å². The minimum atomic E-state index is -0.0846. The normalized spacial score (nSPS) is 16.8. The number of aromatic amines is 1. The molecule has 0 spiro atoms. The third-order valence-corrected chi connectivity index (χ3v) is 5.58. The van der Waals surface area contributed by atoms with Gasteiger partial charge < -0.3 is 19.4 Å². The number of imidazole rings is 1. The lowest BCUT2D eigenvalue weighted by atomic mass is 10.0. The number of nitrogens with zero attached hydrogens (tertiary/aromatic N) is 2. The van der Waals surface area contributed by atoms with Gasteiger partial charge in [0, 0.05) is 25.2 Å². The van der Waals surface area contributed by atoms with Crippen LogP contribution in [-0.2, 0) is 4.79 Å². The minimum absolute atomic E-state index is 0.0209. The van der Waals surface area contributed by atoms with E-state index in [0.717, 1.165) is 35.2 Å². The number of nitrogens with one attached hydrogen (secondary N) is 1. The predicted octanol–water partition coefficient (Wildman–Crippen LogP) is 2.94. The van der Waals surface area contributed by atoms with Gasteiger partial charge in [-0.15, -0.1) is 0 Å². The third-order valence-electron chi connectivity index (χ3n) is 5.58. The molecule has 0 bridgehead atoms. The summed E-state index contributed by atoms with van der Waals surface area (Å²) in [6.07, 6.45) is 4.90. The summed E-state index contributed by atoms with van der Waals surface area (Å²) in [6, 6.07) is 13.4. The zero-order valence-corrected chi connectivity index (χ0v) is 15.8. The molecule has 7 heteroatoms. The van der Waals surface area contributed by atoms with Crippen LogP contribution in [0.25, 0.3) is 17.1 Å². The SMILES string of the molecule is O=C(C=Cc1ccc2c(c1)OCO2)N1CCC(n2c(=O)[nH]c3ccccc32)CC1. The van der Waals surface area contributed by atoms with E-state index in [1.54, 1.807) is 12.2 Å². The van der Waals surface area contributed by atoms with E-state index < -0.39 is 0 Å². The van der Waals surface area contributed by atoms with Crippen LogP contribution in [0.1, 0.15) is 24.4 Å². The fraction of sp³-hybridized carbons (Fsp3) is 0.273. The Hall–Kier alpha value is -3.48. The Kier molecular flexibility index (Phi) is 4.35. The number of H-pyrrole nitrogens is 1. The molecule has 148 valence electrons. The second kappa shape index (κ2) is 7.16. The fourth-order valence-electron chi connectivity index (χ4n) is 4.07. The molecule has 29 heavy (non-hydrogen) atoms. The highest BCUT2D eigenvalue weighted by Crippen LogP contribution is 2.33. The summed E-state index contributed by atoms with van der Waals surface area (Å²) < 4.78 is 12.5. The largest absolute Gasteiger partial charge is 0.454 e. The van der Waals surface area contributed by atoms with Gasteiger partial charge in [-0.3, -0.25) is 9.36 Å². The molecular formula is C22H21N3O4. The molecule has 3 aromatic rings. The standard InChI is InChI=1S/C22H21N3O4/c26-21(8-6-15-5-7-19-20(13-15)29-14-28-19)24-11-9-16(10-12-24)25-18-4-2-1-3-17(18)23-22(25)27/h1-8,13,16H,9-12,14H2,(H,23,27). The van der Waals surface area contributed by atoms with Crippen molar-refractivity contribution in [2.75, 3.05) is 19.9 Å². The Balaban J connectivity index is 1.25. The number of fused-ring (bicyclic) bond motifs is 2. The number of piperidine rings is 1. The lowest BCUT2D eigenvalue weighted by Gasteiger charge is -2.32. The van der Waals surface area contributed by atoms with Gasteiger partial charge in [-0.05, 0) is 48.7 Å². The Morgan fingerprint density at radius 1 is 1.07 bits per heavy atom. The molecule has 1 saturated heterocycles. The number of carbonyl (C=O) groups excluding carboxylic acids is 1. The number of amides is 1. The zero-order valence-electron chi connectivity index (χ0n) is 15.8. The van der Waals surface area contributed by atoms with Gasteiger partial charge in [-0.2, -0.15) is 0 Å². The maximum Gasteiger partial charge on any atom is 0.326 e. The number of hydrogen-bond donors (Lipinski definition) is 1.